The second-order valence-corrected chi connectivity index (χ2v) is 5.11. The van der Waals surface area contributed by atoms with Crippen LogP contribution in [0.15, 0.2) is 24.3 Å². The Hall–Kier alpha value is -2.24. The number of aryl methyl sites for hydroxylation is 1. The van der Waals surface area contributed by atoms with E-state index in [0.717, 1.165) is 43.6 Å². The Kier molecular flexibility index (Phi) is 5.63. The third-order valence-electron chi connectivity index (χ3n) is 3.11. The molecule has 118 valence electrons. The summed E-state index contributed by atoms with van der Waals surface area (Å²) in [7, 11) is 0. The lowest BCUT2D eigenvalue weighted by atomic mass is 10.2. The first kappa shape index (κ1) is 16.1. The molecule has 2 N–H and O–H groups in total. The average Bonchev–Trinajstić information content (AvgIpc) is 2.47. The molecule has 0 saturated carbocycles. The molecule has 0 radical (unpaired) electrons. The maximum Gasteiger partial charge on any atom is 0.224 e. The van der Waals surface area contributed by atoms with E-state index in [9.17, 15) is 8.78 Å². The third-order valence-corrected chi connectivity index (χ3v) is 3.11. The molecule has 4 nitrogen and oxygen atoms in total. The number of nitrogens with zero attached hydrogens (tertiary/aromatic N) is 2. The topological polar surface area (TPSA) is 49.8 Å². The van der Waals surface area contributed by atoms with Gasteiger partial charge in [0.05, 0.1) is 0 Å². The van der Waals surface area contributed by atoms with E-state index < -0.39 is 11.6 Å². The maximum atomic E-state index is 13.2. The SMILES string of the molecule is CCCCCNc1nc(C)cc(Nc2ccc(F)c(F)c2)n1. The predicted octanol–water partition coefficient (Wildman–Crippen LogP) is 4.41. The van der Waals surface area contributed by atoms with Gasteiger partial charge in [0.2, 0.25) is 5.95 Å². The lowest BCUT2D eigenvalue weighted by molar-refractivity contribution is 0.509. The van der Waals surface area contributed by atoms with Gasteiger partial charge >= 0.3 is 0 Å². The first-order valence-corrected chi connectivity index (χ1v) is 7.40. The van der Waals surface area contributed by atoms with Crippen molar-refractivity contribution in [2.24, 2.45) is 0 Å². The van der Waals surface area contributed by atoms with E-state index in [1.807, 2.05) is 6.92 Å². The molecule has 2 rings (SSSR count). The summed E-state index contributed by atoms with van der Waals surface area (Å²) in [5.74, 6) is -0.700. The Balaban J connectivity index is 2.06. The van der Waals surface area contributed by atoms with Crippen molar-refractivity contribution in [1.29, 1.82) is 0 Å². The second-order valence-electron chi connectivity index (χ2n) is 5.11. The van der Waals surface area contributed by atoms with Crippen LogP contribution in [-0.4, -0.2) is 16.5 Å². The number of unbranched alkanes of at least 4 members (excludes halogenated alkanes) is 2. The highest BCUT2D eigenvalue weighted by Gasteiger charge is 2.05. The molecule has 0 aliphatic heterocycles. The Labute approximate surface area is 129 Å². The van der Waals surface area contributed by atoms with Gasteiger partial charge in [0.15, 0.2) is 11.6 Å². The minimum absolute atomic E-state index is 0.439. The number of halogens is 2. The van der Waals surface area contributed by atoms with E-state index in [-0.39, 0.29) is 0 Å². The van der Waals surface area contributed by atoms with E-state index in [2.05, 4.69) is 27.5 Å². The van der Waals surface area contributed by atoms with Gasteiger partial charge in [-0.05, 0) is 25.5 Å². The number of nitrogens with one attached hydrogen (secondary N) is 2. The van der Waals surface area contributed by atoms with Crippen LogP contribution in [0.3, 0.4) is 0 Å². The second kappa shape index (κ2) is 7.68. The Morgan fingerprint density at radius 2 is 1.86 bits per heavy atom. The van der Waals surface area contributed by atoms with Gasteiger partial charge in [-0.25, -0.2) is 13.8 Å². The Morgan fingerprint density at radius 1 is 1.05 bits per heavy atom. The van der Waals surface area contributed by atoms with E-state index in [1.165, 1.54) is 6.07 Å². The molecule has 1 aromatic heterocycles. The highest BCUT2D eigenvalue weighted by atomic mass is 19.2. The number of rotatable bonds is 7. The zero-order valence-electron chi connectivity index (χ0n) is 12.8. The number of benzene rings is 1. The first-order valence-electron chi connectivity index (χ1n) is 7.40. The summed E-state index contributed by atoms with van der Waals surface area (Å²) < 4.78 is 26.1. The summed E-state index contributed by atoms with van der Waals surface area (Å²) in [4.78, 5) is 8.64. The first-order chi connectivity index (χ1) is 10.6. The number of hydrogen-bond donors (Lipinski definition) is 2. The molecule has 0 spiro atoms. The highest BCUT2D eigenvalue weighted by molar-refractivity contribution is 5.57. The molecule has 0 atom stereocenters. The average molecular weight is 306 g/mol. The van der Waals surface area contributed by atoms with Crippen molar-refractivity contribution in [1.82, 2.24) is 9.97 Å². The fourth-order valence-corrected chi connectivity index (χ4v) is 2.01. The molecule has 0 amide bonds. The van der Waals surface area contributed by atoms with Gasteiger partial charge in [0.1, 0.15) is 5.82 Å². The van der Waals surface area contributed by atoms with Crippen molar-refractivity contribution < 1.29 is 8.78 Å². The summed E-state index contributed by atoms with van der Waals surface area (Å²) >= 11 is 0. The van der Waals surface area contributed by atoms with Crippen molar-refractivity contribution in [2.75, 3.05) is 17.2 Å². The summed E-state index contributed by atoms with van der Waals surface area (Å²) in [6.07, 6.45) is 3.36. The third kappa shape index (κ3) is 4.65. The minimum atomic E-state index is -0.895. The van der Waals surface area contributed by atoms with Crippen molar-refractivity contribution >= 4 is 17.5 Å². The van der Waals surface area contributed by atoms with E-state index >= 15 is 0 Å². The fourth-order valence-electron chi connectivity index (χ4n) is 2.01. The van der Waals surface area contributed by atoms with Gasteiger partial charge in [-0.3, -0.25) is 0 Å². The van der Waals surface area contributed by atoms with Gasteiger partial charge in [-0.15, -0.1) is 0 Å². The van der Waals surface area contributed by atoms with Crippen LogP contribution in [-0.2, 0) is 0 Å². The largest absolute Gasteiger partial charge is 0.354 e. The van der Waals surface area contributed by atoms with Crippen molar-refractivity contribution in [3.05, 3.63) is 41.6 Å². The van der Waals surface area contributed by atoms with Crippen LogP contribution in [0.2, 0.25) is 0 Å². The van der Waals surface area contributed by atoms with Crippen LogP contribution < -0.4 is 10.6 Å². The number of anilines is 3. The highest BCUT2D eigenvalue weighted by Crippen LogP contribution is 2.19. The standard InChI is InChI=1S/C16H20F2N4/c1-3-4-5-8-19-16-20-11(2)9-15(22-16)21-12-6-7-13(17)14(18)10-12/h6-7,9-10H,3-5,8H2,1-2H3,(H2,19,20,21,22). The van der Waals surface area contributed by atoms with Gasteiger partial charge in [-0.1, -0.05) is 19.8 Å². The van der Waals surface area contributed by atoms with Gasteiger partial charge in [0.25, 0.3) is 0 Å². The van der Waals surface area contributed by atoms with Crippen molar-refractivity contribution in [3.63, 3.8) is 0 Å². The molecule has 1 aromatic carbocycles. The molecule has 22 heavy (non-hydrogen) atoms. The lowest BCUT2D eigenvalue weighted by Crippen LogP contribution is -2.07. The van der Waals surface area contributed by atoms with Gasteiger partial charge in [0, 0.05) is 30.1 Å². The lowest BCUT2D eigenvalue weighted by Gasteiger charge is -2.10. The Bertz CT molecular complexity index is 632. The summed E-state index contributed by atoms with van der Waals surface area (Å²) in [6.45, 7) is 4.81. The monoisotopic (exact) mass is 306 g/mol. The van der Waals surface area contributed by atoms with Crippen molar-refractivity contribution in [2.45, 2.75) is 33.1 Å². The van der Waals surface area contributed by atoms with Crippen LogP contribution in [0.25, 0.3) is 0 Å². The molecule has 0 aliphatic carbocycles. The molecule has 6 heteroatoms. The fraction of sp³-hybridized carbons (Fsp3) is 0.375. The molecule has 0 unspecified atom stereocenters. The molecular weight excluding hydrogens is 286 g/mol. The molecular formula is C16H20F2N4. The minimum Gasteiger partial charge on any atom is -0.354 e. The quantitative estimate of drug-likeness (QED) is 0.744. The van der Waals surface area contributed by atoms with Crippen LogP contribution in [0.1, 0.15) is 31.9 Å². The number of aromatic nitrogens is 2. The molecule has 1 heterocycles. The van der Waals surface area contributed by atoms with Crippen molar-refractivity contribution in [3.8, 4) is 0 Å². The van der Waals surface area contributed by atoms with Gasteiger partial charge < -0.3 is 10.6 Å². The van der Waals surface area contributed by atoms with Crippen LogP contribution >= 0.6 is 0 Å². The predicted molar refractivity (Wildman–Crippen MR) is 84.4 cm³/mol. The maximum absolute atomic E-state index is 13.2. The summed E-state index contributed by atoms with van der Waals surface area (Å²) in [6, 6.07) is 5.39. The van der Waals surface area contributed by atoms with Crippen LogP contribution in [0.4, 0.5) is 26.2 Å². The molecule has 0 fully saturated rings. The molecule has 2 aromatic rings. The smallest absolute Gasteiger partial charge is 0.224 e. The van der Waals surface area contributed by atoms with Gasteiger partial charge in [-0.2, -0.15) is 4.98 Å². The Morgan fingerprint density at radius 3 is 2.59 bits per heavy atom. The van der Waals surface area contributed by atoms with Crippen LogP contribution in [0.5, 0.6) is 0 Å². The van der Waals surface area contributed by atoms with Crippen LogP contribution in [0, 0.1) is 18.6 Å². The van der Waals surface area contributed by atoms with E-state index in [1.54, 1.807) is 6.07 Å². The zero-order valence-corrected chi connectivity index (χ0v) is 12.8. The molecule has 0 aliphatic rings. The van der Waals surface area contributed by atoms with E-state index in [0.29, 0.717) is 17.5 Å². The molecule has 0 saturated heterocycles. The summed E-state index contributed by atoms with van der Waals surface area (Å²) in [5, 5.41) is 6.13. The van der Waals surface area contributed by atoms with E-state index in [4.69, 9.17) is 0 Å². The summed E-state index contributed by atoms with van der Waals surface area (Å²) in [5.41, 5.74) is 1.23. The normalized spacial score (nSPS) is 10.5. The zero-order chi connectivity index (χ0) is 15.9. The number of hydrogen-bond acceptors (Lipinski definition) is 4. The molecule has 0 bridgehead atoms.